The van der Waals surface area contributed by atoms with Crippen LogP contribution in [-0.4, -0.2) is 56.6 Å². The molecule has 3 aromatic rings. The van der Waals surface area contributed by atoms with E-state index in [9.17, 15) is 13.2 Å². The van der Waals surface area contributed by atoms with Crippen molar-refractivity contribution in [1.82, 2.24) is 14.7 Å². The molecule has 0 saturated carbocycles. The lowest BCUT2D eigenvalue weighted by Gasteiger charge is -2.41. The third-order valence-electron chi connectivity index (χ3n) is 7.00. The Kier molecular flexibility index (Phi) is 7.51. The summed E-state index contributed by atoms with van der Waals surface area (Å²) in [6.45, 7) is 2.87. The number of nitrogens with one attached hydrogen (secondary N) is 1. The van der Waals surface area contributed by atoms with Crippen molar-refractivity contribution in [2.24, 2.45) is 11.1 Å². The third kappa shape index (κ3) is 5.32. The zero-order valence-electron chi connectivity index (χ0n) is 20.3. The number of carbonyl (C=O) groups is 1. The van der Waals surface area contributed by atoms with Gasteiger partial charge in [-0.15, -0.1) is 0 Å². The zero-order valence-corrected chi connectivity index (χ0v) is 22.7. The highest BCUT2D eigenvalue weighted by Crippen LogP contribution is 2.40. The second-order valence-electron chi connectivity index (χ2n) is 9.36. The Hall–Kier alpha value is -2.90. The number of aromatic nitrogens is 2. The van der Waals surface area contributed by atoms with Gasteiger partial charge in [0, 0.05) is 29.4 Å². The van der Waals surface area contributed by atoms with E-state index in [-0.39, 0.29) is 32.8 Å². The maximum Gasteiger partial charge on any atom is 0.266 e. The van der Waals surface area contributed by atoms with Crippen molar-refractivity contribution in [1.29, 1.82) is 0 Å². The molecule has 2 saturated heterocycles. The molecule has 1 atom stereocenters. The summed E-state index contributed by atoms with van der Waals surface area (Å²) in [5, 5.41) is 0.504. The standard InChI is InChI=1S/C25H27ClN6O4S2/c26-21-17(23(33)31-38(34,35)16-5-2-1-3-6-16)7-4-8-18(21)37-24-22(28)30-20(13-29-24)32-11-9-25(10-12-32)15-36-14-19(25)27/h1-8,13,19H,9-12,14-15,27H2,(H2,28,30)(H,31,33)/t19-/m1/s1. The summed E-state index contributed by atoms with van der Waals surface area (Å²) in [4.78, 5) is 24.4. The van der Waals surface area contributed by atoms with E-state index in [1.54, 1.807) is 36.5 Å². The number of nitrogens with zero attached hydrogens (tertiary/aromatic N) is 3. The highest BCUT2D eigenvalue weighted by molar-refractivity contribution is 7.99. The summed E-state index contributed by atoms with van der Waals surface area (Å²) >= 11 is 7.66. The van der Waals surface area contributed by atoms with Crippen molar-refractivity contribution < 1.29 is 17.9 Å². The molecule has 3 heterocycles. The van der Waals surface area contributed by atoms with Crippen LogP contribution in [0.5, 0.6) is 0 Å². The number of benzene rings is 2. The van der Waals surface area contributed by atoms with Crippen molar-refractivity contribution in [2.45, 2.75) is 33.7 Å². The summed E-state index contributed by atoms with van der Waals surface area (Å²) in [6.07, 6.45) is 3.49. The molecule has 38 heavy (non-hydrogen) atoms. The fourth-order valence-electron chi connectivity index (χ4n) is 4.69. The SMILES string of the molecule is Nc1nc(N2CCC3(CC2)COC[C@H]3N)cnc1Sc1cccc(C(=O)NS(=O)(=O)c2ccccc2)c1Cl. The van der Waals surface area contributed by atoms with Gasteiger partial charge in [0.2, 0.25) is 0 Å². The Morgan fingerprint density at radius 3 is 2.55 bits per heavy atom. The Bertz CT molecular complexity index is 1450. The van der Waals surface area contributed by atoms with E-state index < -0.39 is 15.9 Å². The van der Waals surface area contributed by atoms with Crippen molar-refractivity contribution in [3.8, 4) is 0 Å². The number of anilines is 2. The van der Waals surface area contributed by atoms with Crippen LogP contribution in [0.15, 0.2) is 69.5 Å². The van der Waals surface area contributed by atoms with Crippen LogP contribution in [0, 0.1) is 5.41 Å². The monoisotopic (exact) mass is 574 g/mol. The highest BCUT2D eigenvalue weighted by atomic mass is 35.5. The molecule has 0 unspecified atom stereocenters. The minimum Gasteiger partial charge on any atom is -0.381 e. The summed E-state index contributed by atoms with van der Waals surface area (Å²) < 4.78 is 32.8. The van der Waals surface area contributed by atoms with Gasteiger partial charge in [0.15, 0.2) is 5.82 Å². The van der Waals surface area contributed by atoms with Crippen LogP contribution in [0.1, 0.15) is 23.2 Å². The molecule has 5 rings (SSSR count). The highest BCUT2D eigenvalue weighted by Gasteiger charge is 2.44. The molecule has 2 aliphatic heterocycles. The zero-order chi connectivity index (χ0) is 26.9. The number of sulfonamides is 1. The first-order valence-corrected chi connectivity index (χ1v) is 14.7. The molecule has 2 fully saturated rings. The lowest BCUT2D eigenvalue weighted by Crippen LogP contribution is -2.49. The molecule has 2 aliphatic rings. The van der Waals surface area contributed by atoms with Crippen molar-refractivity contribution in [3.63, 3.8) is 0 Å². The van der Waals surface area contributed by atoms with Gasteiger partial charge in [0.05, 0.1) is 34.9 Å². The van der Waals surface area contributed by atoms with Gasteiger partial charge in [0.25, 0.3) is 15.9 Å². The van der Waals surface area contributed by atoms with Crippen molar-refractivity contribution >= 4 is 50.9 Å². The number of nitrogen functional groups attached to an aromatic ring is 1. The van der Waals surface area contributed by atoms with Crippen LogP contribution in [0.3, 0.4) is 0 Å². The van der Waals surface area contributed by atoms with E-state index in [0.29, 0.717) is 29.0 Å². The van der Waals surface area contributed by atoms with Crippen LogP contribution >= 0.6 is 23.4 Å². The number of carbonyl (C=O) groups excluding carboxylic acids is 1. The molecular formula is C25H27ClN6O4S2. The topological polar surface area (TPSA) is 154 Å². The molecule has 1 aromatic heterocycles. The number of halogens is 1. The second kappa shape index (κ2) is 10.7. The lowest BCUT2D eigenvalue weighted by molar-refractivity contribution is 0.0981. The number of rotatable bonds is 6. The summed E-state index contributed by atoms with van der Waals surface area (Å²) in [7, 11) is -4.05. The van der Waals surface area contributed by atoms with E-state index in [2.05, 4.69) is 19.6 Å². The van der Waals surface area contributed by atoms with Gasteiger partial charge in [-0.25, -0.2) is 23.1 Å². The van der Waals surface area contributed by atoms with Crippen LogP contribution in [0.2, 0.25) is 5.02 Å². The first kappa shape index (κ1) is 26.7. The number of hydrogen-bond donors (Lipinski definition) is 3. The number of nitrogens with two attached hydrogens (primary N) is 2. The van der Waals surface area contributed by atoms with Gasteiger partial charge < -0.3 is 21.1 Å². The van der Waals surface area contributed by atoms with E-state index in [0.717, 1.165) is 37.7 Å². The Balaban J connectivity index is 1.28. The largest absolute Gasteiger partial charge is 0.381 e. The fraction of sp³-hybridized carbons (Fsp3) is 0.320. The quantitative estimate of drug-likeness (QED) is 0.400. The molecule has 10 nitrogen and oxygen atoms in total. The summed E-state index contributed by atoms with van der Waals surface area (Å²) in [5.74, 6) is 0.0664. The molecular weight excluding hydrogens is 548 g/mol. The van der Waals surface area contributed by atoms with E-state index >= 15 is 0 Å². The number of amides is 1. The average Bonchev–Trinajstić information content (AvgIpc) is 3.26. The Labute approximate surface area is 230 Å². The summed E-state index contributed by atoms with van der Waals surface area (Å²) in [5.41, 5.74) is 12.6. The lowest BCUT2D eigenvalue weighted by atomic mass is 9.75. The van der Waals surface area contributed by atoms with Crippen LogP contribution in [0.4, 0.5) is 11.6 Å². The first-order chi connectivity index (χ1) is 18.2. The first-order valence-electron chi connectivity index (χ1n) is 12.0. The molecule has 0 bridgehead atoms. The molecule has 1 amide bonds. The minimum atomic E-state index is -4.05. The molecule has 0 radical (unpaired) electrons. The predicted octanol–water partition coefficient (Wildman–Crippen LogP) is 2.93. The molecule has 1 spiro atoms. The number of ether oxygens (including phenoxy) is 1. The van der Waals surface area contributed by atoms with E-state index in [1.165, 1.54) is 18.2 Å². The third-order valence-corrected chi connectivity index (χ3v) is 9.94. The van der Waals surface area contributed by atoms with Crippen LogP contribution in [0.25, 0.3) is 0 Å². The van der Waals surface area contributed by atoms with Crippen LogP contribution < -0.4 is 21.1 Å². The Morgan fingerprint density at radius 1 is 1.16 bits per heavy atom. The van der Waals surface area contributed by atoms with Crippen LogP contribution in [-0.2, 0) is 14.8 Å². The van der Waals surface area contributed by atoms with Gasteiger partial charge in [-0.2, -0.15) is 0 Å². The van der Waals surface area contributed by atoms with Crippen molar-refractivity contribution in [2.75, 3.05) is 36.9 Å². The maximum atomic E-state index is 12.8. The molecule has 13 heteroatoms. The predicted molar refractivity (Wildman–Crippen MR) is 146 cm³/mol. The van der Waals surface area contributed by atoms with Gasteiger partial charge in [-0.1, -0.05) is 47.6 Å². The normalized spacial score (nSPS) is 19.0. The fourth-order valence-corrected chi connectivity index (χ4v) is 6.81. The van der Waals surface area contributed by atoms with Gasteiger partial charge >= 0.3 is 0 Å². The number of hydrogen-bond acceptors (Lipinski definition) is 10. The molecule has 2 aromatic carbocycles. The van der Waals surface area contributed by atoms with E-state index in [4.69, 9.17) is 27.8 Å². The second-order valence-corrected chi connectivity index (χ2v) is 12.4. The van der Waals surface area contributed by atoms with E-state index in [1.807, 2.05) is 0 Å². The smallest absolute Gasteiger partial charge is 0.266 e. The minimum absolute atomic E-state index is 0.00988. The van der Waals surface area contributed by atoms with Gasteiger partial charge in [-0.3, -0.25) is 4.79 Å². The summed E-state index contributed by atoms with van der Waals surface area (Å²) in [6, 6.07) is 12.4. The Morgan fingerprint density at radius 2 is 1.89 bits per heavy atom. The maximum absolute atomic E-state index is 12.8. The van der Waals surface area contributed by atoms with Gasteiger partial charge in [0.1, 0.15) is 10.8 Å². The number of piperidine rings is 1. The molecule has 0 aliphatic carbocycles. The molecule has 200 valence electrons. The van der Waals surface area contributed by atoms with Crippen molar-refractivity contribution in [3.05, 3.63) is 65.3 Å². The average molecular weight is 575 g/mol. The van der Waals surface area contributed by atoms with Gasteiger partial charge in [-0.05, 0) is 37.1 Å². The molecule has 5 N–H and O–H groups in total.